The van der Waals surface area contributed by atoms with Crippen LogP contribution in [0.25, 0.3) is 5.69 Å². The van der Waals surface area contributed by atoms with E-state index in [-0.39, 0.29) is 0 Å². The number of nitrogens with one attached hydrogen (secondary N) is 1. The van der Waals surface area contributed by atoms with E-state index in [9.17, 15) is 0 Å². The molecule has 2 aromatic heterocycles. The van der Waals surface area contributed by atoms with Crippen molar-refractivity contribution in [2.75, 3.05) is 0 Å². The first-order valence-corrected chi connectivity index (χ1v) is 7.77. The van der Waals surface area contributed by atoms with Crippen LogP contribution in [0.2, 0.25) is 0 Å². The van der Waals surface area contributed by atoms with Crippen molar-refractivity contribution in [2.24, 2.45) is 0 Å². The Labute approximate surface area is 128 Å². The van der Waals surface area contributed by atoms with Gasteiger partial charge in [0.1, 0.15) is 0 Å². The van der Waals surface area contributed by atoms with Gasteiger partial charge in [0.05, 0.1) is 12.2 Å². The van der Waals surface area contributed by atoms with Gasteiger partial charge in [-0.05, 0) is 49.9 Å². The van der Waals surface area contributed by atoms with E-state index in [1.54, 1.807) is 16.0 Å². The predicted octanol–water partition coefficient (Wildman–Crippen LogP) is 2.78. The molecule has 5 nitrogen and oxygen atoms in total. The number of thiophene rings is 1. The van der Waals surface area contributed by atoms with E-state index in [1.807, 2.05) is 30.3 Å². The highest BCUT2D eigenvalue weighted by Crippen LogP contribution is 2.22. The summed E-state index contributed by atoms with van der Waals surface area (Å²) in [6, 6.07) is 11.9. The minimum atomic E-state index is 0.617. The van der Waals surface area contributed by atoms with Gasteiger partial charge in [-0.2, -0.15) is 4.68 Å². The average Bonchev–Trinajstić information content (AvgIpc) is 3.10. The molecule has 0 bridgehead atoms. The molecule has 0 aliphatic heterocycles. The number of tetrazole rings is 1. The SMILES string of the molecule is Brc1ccsc1CNCc1nnnn1-c1ccccc1. The minimum absolute atomic E-state index is 0.617. The first-order valence-electron chi connectivity index (χ1n) is 6.10. The molecule has 1 N–H and O–H groups in total. The van der Waals surface area contributed by atoms with Gasteiger partial charge in [0.2, 0.25) is 0 Å². The molecule has 1 aromatic carbocycles. The number of hydrogen-bond donors (Lipinski definition) is 1. The zero-order valence-corrected chi connectivity index (χ0v) is 12.9. The summed E-state index contributed by atoms with van der Waals surface area (Å²) in [6.45, 7) is 1.41. The zero-order valence-electron chi connectivity index (χ0n) is 10.5. The number of benzene rings is 1. The van der Waals surface area contributed by atoms with Gasteiger partial charge < -0.3 is 5.32 Å². The molecule has 0 spiro atoms. The van der Waals surface area contributed by atoms with E-state index in [1.165, 1.54) is 4.88 Å². The molecule has 20 heavy (non-hydrogen) atoms. The average molecular weight is 350 g/mol. The van der Waals surface area contributed by atoms with Crippen LogP contribution in [0.3, 0.4) is 0 Å². The summed E-state index contributed by atoms with van der Waals surface area (Å²) in [5.74, 6) is 0.795. The topological polar surface area (TPSA) is 55.6 Å². The van der Waals surface area contributed by atoms with Crippen LogP contribution in [0, 0.1) is 0 Å². The third-order valence-electron chi connectivity index (χ3n) is 2.79. The molecular formula is C13H12BrN5S. The third kappa shape index (κ3) is 2.95. The van der Waals surface area contributed by atoms with Gasteiger partial charge in [0.25, 0.3) is 0 Å². The Kier molecular flexibility index (Phi) is 4.19. The second-order valence-electron chi connectivity index (χ2n) is 4.14. The number of halogens is 1. The van der Waals surface area contributed by atoms with Crippen LogP contribution in [0.5, 0.6) is 0 Å². The normalized spacial score (nSPS) is 10.8. The summed E-state index contributed by atoms with van der Waals surface area (Å²) >= 11 is 5.24. The molecule has 0 unspecified atom stereocenters. The molecule has 0 radical (unpaired) electrons. The molecule has 7 heteroatoms. The summed E-state index contributed by atoms with van der Waals surface area (Å²) in [6.07, 6.45) is 0. The van der Waals surface area contributed by atoms with Gasteiger partial charge >= 0.3 is 0 Å². The molecule has 0 atom stereocenters. The van der Waals surface area contributed by atoms with Gasteiger partial charge in [0, 0.05) is 15.9 Å². The lowest BCUT2D eigenvalue weighted by Crippen LogP contribution is -2.16. The van der Waals surface area contributed by atoms with E-state index in [2.05, 4.69) is 48.2 Å². The van der Waals surface area contributed by atoms with Gasteiger partial charge in [0.15, 0.2) is 5.82 Å². The highest BCUT2D eigenvalue weighted by Gasteiger charge is 2.08. The molecule has 0 aliphatic rings. The molecule has 0 amide bonds. The number of aromatic nitrogens is 4. The minimum Gasteiger partial charge on any atom is -0.305 e. The summed E-state index contributed by atoms with van der Waals surface area (Å²) in [5.41, 5.74) is 0.964. The molecule has 3 rings (SSSR count). The Bertz CT molecular complexity index is 679. The summed E-state index contributed by atoms with van der Waals surface area (Å²) < 4.78 is 2.88. The van der Waals surface area contributed by atoms with E-state index < -0.39 is 0 Å². The van der Waals surface area contributed by atoms with Crippen molar-refractivity contribution in [3.63, 3.8) is 0 Å². The fourth-order valence-electron chi connectivity index (χ4n) is 1.82. The Balaban J connectivity index is 1.67. The van der Waals surface area contributed by atoms with Crippen molar-refractivity contribution in [3.8, 4) is 5.69 Å². The van der Waals surface area contributed by atoms with Crippen molar-refractivity contribution >= 4 is 27.3 Å². The lowest BCUT2D eigenvalue weighted by atomic mass is 10.3. The fourth-order valence-corrected chi connectivity index (χ4v) is 3.29. The molecule has 0 saturated heterocycles. The second-order valence-corrected chi connectivity index (χ2v) is 5.99. The molecule has 0 fully saturated rings. The number of hydrogen-bond acceptors (Lipinski definition) is 5. The van der Waals surface area contributed by atoms with Crippen LogP contribution in [0.15, 0.2) is 46.3 Å². The summed E-state index contributed by atoms with van der Waals surface area (Å²) in [5, 5.41) is 17.3. The molecule has 3 aromatic rings. The molecule has 2 heterocycles. The van der Waals surface area contributed by atoms with Gasteiger partial charge in [-0.15, -0.1) is 16.4 Å². The van der Waals surface area contributed by atoms with Crippen molar-refractivity contribution in [1.82, 2.24) is 25.5 Å². The summed E-state index contributed by atoms with van der Waals surface area (Å²) in [7, 11) is 0. The molecule has 102 valence electrons. The maximum absolute atomic E-state index is 4.06. The van der Waals surface area contributed by atoms with Crippen LogP contribution < -0.4 is 5.32 Å². The van der Waals surface area contributed by atoms with Crippen molar-refractivity contribution in [3.05, 3.63) is 57.0 Å². The van der Waals surface area contributed by atoms with E-state index in [4.69, 9.17) is 0 Å². The van der Waals surface area contributed by atoms with Crippen LogP contribution in [-0.4, -0.2) is 20.2 Å². The quantitative estimate of drug-likeness (QED) is 0.769. The Morgan fingerprint density at radius 3 is 2.75 bits per heavy atom. The fraction of sp³-hybridized carbons (Fsp3) is 0.154. The lowest BCUT2D eigenvalue weighted by molar-refractivity contribution is 0.645. The number of rotatable bonds is 5. The Morgan fingerprint density at radius 2 is 2.00 bits per heavy atom. The number of nitrogens with zero attached hydrogens (tertiary/aromatic N) is 4. The van der Waals surface area contributed by atoms with Crippen LogP contribution in [-0.2, 0) is 13.1 Å². The van der Waals surface area contributed by atoms with Crippen molar-refractivity contribution in [1.29, 1.82) is 0 Å². The third-order valence-corrected chi connectivity index (χ3v) is 4.72. The van der Waals surface area contributed by atoms with Crippen molar-refractivity contribution < 1.29 is 0 Å². The largest absolute Gasteiger partial charge is 0.305 e. The molecule has 0 saturated carbocycles. The summed E-state index contributed by atoms with van der Waals surface area (Å²) in [4.78, 5) is 1.27. The standard InChI is InChI=1S/C13H12BrN5S/c14-11-6-7-20-12(11)8-15-9-13-16-17-18-19(13)10-4-2-1-3-5-10/h1-7,15H,8-9H2. The highest BCUT2D eigenvalue weighted by molar-refractivity contribution is 9.10. The van der Waals surface area contributed by atoms with Crippen LogP contribution >= 0.6 is 27.3 Å². The highest BCUT2D eigenvalue weighted by atomic mass is 79.9. The molecular weight excluding hydrogens is 338 g/mol. The predicted molar refractivity (Wildman–Crippen MR) is 81.7 cm³/mol. The Morgan fingerprint density at radius 1 is 1.15 bits per heavy atom. The van der Waals surface area contributed by atoms with E-state index >= 15 is 0 Å². The van der Waals surface area contributed by atoms with Gasteiger partial charge in [-0.3, -0.25) is 0 Å². The lowest BCUT2D eigenvalue weighted by Gasteiger charge is -2.05. The smallest absolute Gasteiger partial charge is 0.170 e. The van der Waals surface area contributed by atoms with Gasteiger partial charge in [-0.25, -0.2) is 0 Å². The maximum atomic E-state index is 4.06. The monoisotopic (exact) mass is 349 g/mol. The van der Waals surface area contributed by atoms with E-state index in [0.717, 1.165) is 22.5 Å². The van der Waals surface area contributed by atoms with Crippen LogP contribution in [0.4, 0.5) is 0 Å². The zero-order chi connectivity index (χ0) is 13.8. The number of para-hydroxylation sites is 1. The molecule has 0 aliphatic carbocycles. The van der Waals surface area contributed by atoms with Crippen LogP contribution in [0.1, 0.15) is 10.7 Å². The van der Waals surface area contributed by atoms with Crippen molar-refractivity contribution in [2.45, 2.75) is 13.1 Å². The maximum Gasteiger partial charge on any atom is 0.170 e. The Hall–Kier alpha value is -1.57. The van der Waals surface area contributed by atoms with E-state index in [0.29, 0.717) is 6.54 Å². The first kappa shape index (κ1) is 13.4. The first-order chi connectivity index (χ1) is 9.84. The second kappa shape index (κ2) is 6.25. The van der Waals surface area contributed by atoms with Gasteiger partial charge in [-0.1, -0.05) is 18.2 Å².